The van der Waals surface area contributed by atoms with Gasteiger partial charge in [-0.25, -0.2) is 4.90 Å². The first-order valence-electron chi connectivity index (χ1n) is 9.73. The molecule has 2 aliphatic rings. The standard InChI is InChI=1S/C22H22ClN3O5/c1-11-4-6-14(9-15(11)23)26-21(28)18-19(13-5-7-16(30-3)12(2)8-13)25(10-17(24)27)31-20(18)22(26)29/h4-9,18-20H,10H2,1-3H3,(H2,24,27). The van der Waals surface area contributed by atoms with Gasteiger partial charge in [0.2, 0.25) is 11.8 Å². The lowest BCUT2D eigenvalue weighted by atomic mass is 9.90. The molecule has 0 aromatic heterocycles. The van der Waals surface area contributed by atoms with Gasteiger partial charge in [0, 0.05) is 5.02 Å². The fraction of sp³-hybridized carbons (Fsp3) is 0.318. The van der Waals surface area contributed by atoms with Crippen LogP contribution in [0.15, 0.2) is 36.4 Å². The van der Waals surface area contributed by atoms with Crippen LogP contribution >= 0.6 is 11.6 Å². The number of carbonyl (C=O) groups is 3. The number of hydrogen-bond acceptors (Lipinski definition) is 6. The van der Waals surface area contributed by atoms with E-state index in [-0.39, 0.29) is 6.54 Å². The highest BCUT2D eigenvalue weighted by Gasteiger charge is 2.60. The van der Waals surface area contributed by atoms with Crippen LogP contribution in [-0.4, -0.2) is 42.5 Å². The molecule has 2 aromatic carbocycles. The molecule has 2 N–H and O–H groups in total. The summed E-state index contributed by atoms with van der Waals surface area (Å²) in [6.07, 6.45) is -1.06. The first-order chi connectivity index (χ1) is 14.7. The van der Waals surface area contributed by atoms with Crippen LogP contribution in [0.1, 0.15) is 22.7 Å². The molecule has 0 bridgehead atoms. The maximum atomic E-state index is 13.4. The Hall–Kier alpha value is -2.94. The summed E-state index contributed by atoms with van der Waals surface area (Å²) >= 11 is 6.21. The quantitative estimate of drug-likeness (QED) is 0.711. The predicted octanol–water partition coefficient (Wildman–Crippen LogP) is 2.30. The number of rotatable bonds is 5. The van der Waals surface area contributed by atoms with E-state index in [1.54, 1.807) is 37.4 Å². The highest BCUT2D eigenvalue weighted by Crippen LogP contribution is 2.46. The number of benzene rings is 2. The number of methoxy groups -OCH3 is 1. The Bertz CT molecular complexity index is 1090. The summed E-state index contributed by atoms with van der Waals surface area (Å²) in [5, 5.41) is 1.78. The molecule has 3 unspecified atom stereocenters. The zero-order valence-corrected chi connectivity index (χ0v) is 18.1. The van der Waals surface area contributed by atoms with E-state index in [0.717, 1.165) is 21.6 Å². The molecule has 0 saturated carbocycles. The summed E-state index contributed by atoms with van der Waals surface area (Å²) in [7, 11) is 1.57. The normalized spacial score (nSPS) is 23.4. The molecule has 0 spiro atoms. The van der Waals surface area contributed by atoms with E-state index in [1.807, 2.05) is 19.9 Å². The van der Waals surface area contributed by atoms with Gasteiger partial charge in [-0.1, -0.05) is 29.8 Å². The molecule has 0 radical (unpaired) electrons. The molecule has 4 rings (SSSR count). The largest absolute Gasteiger partial charge is 0.496 e. The molecule has 162 valence electrons. The predicted molar refractivity (Wildman–Crippen MR) is 113 cm³/mol. The van der Waals surface area contributed by atoms with Crippen LogP contribution in [0.3, 0.4) is 0 Å². The molecule has 0 aliphatic carbocycles. The van der Waals surface area contributed by atoms with Gasteiger partial charge < -0.3 is 10.5 Å². The third kappa shape index (κ3) is 3.56. The van der Waals surface area contributed by atoms with Crippen LogP contribution in [0.4, 0.5) is 5.69 Å². The van der Waals surface area contributed by atoms with Crippen molar-refractivity contribution in [3.8, 4) is 5.75 Å². The first kappa shape index (κ1) is 21.3. The second-order valence-electron chi connectivity index (χ2n) is 7.71. The minimum atomic E-state index is -1.06. The summed E-state index contributed by atoms with van der Waals surface area (Å²) < 4.78 is 5.31. The maximum absolute atomic E-state index is 13.4. The van der Waals surface area contributed by atoms with E-state index in [0.29, 0.717) is 16.5 Å². The second-order valence-corrected chi connectivity index (χ2v) is 8.12. The number of carbonyl (C=O) groups excluding carboxylic acids is 3. The first-order valence-corrected chi connectivity index (χ1v) is 10.1. The molecular formula is C22H22ClN3O5. The van der Waals surface area contributed by atoms with Gasteiger partial charge in [0.1, 0.15) is 12.3 Å². The van der Waals surface area contributed by atoms with Gasteiger partial charge >= 0.3 is 0 Å². The van der Waals surface area contributed by atoms with Gasteiger partial charge in [-0.05, 0) is 48.7 Å². The number of hydrogen-bond donors (Lipinski definition) is 1. The van der Waals surface area contributed by atoms with Gasteiger partial charge in [-0.15, -0.1) is 0 Å². The number of hydroxylamine groups is 2. The van der Waals surface area contributed by atoms with Crippen molar-refractivity contribution in [2.24, 2.45) is 11.7 Å². The number of halogens is 1. The average Bonchev–Trinajstić information content (AvgIpc) is 3.19. The molecule has 2 heterocycles. The molecule has 8 nitrogen and oxygen atoms in total. The van der Waals surface area contributed by atoms with E-state index in [2.05, 4.69) is 0 Å². The molecular weight excluding hydrogens is 422 g/mol. The van der Waals surface area contributed by atoms with E-state index >= 15 is 0 Å². The van der Waals surface area contributed by atoms with Crippen molar-refractivity contribution in [1.29, 1.82) is 0 Å². The third-order valence-electron chi connectivity index (χ3n) is 5.68. The minimum Gasteiger partial charge on any atom is -0.496 e. The molecule has 31 heavy (non-hydrogen) atoms. The third-order valence-corrected chi connectivity index (χ3v) is 6.09. The van der Waals surface area contributed by atoms with Gasteiger partial charge in [0.15, 0.2) is 6.10 Å². The van der Waals surface area contributed by atoms with Crippen molar-refractivity contribution in [2.45, 2.75) is 26.0 Å². The summed E-state index contributed by atoms with van der Waals surface area (Å²) in [6.45, 7) is 3.46. The van der Waals surface area contributed by atoms with Crippen LogP contribution < -0.4 is 15.4 Å². The smallest absolute Gasteiger partial charge is 0.265 e. The fourth-order valence-electron chi connectivity index (χ4n) is 4.19. The van der Waals surface area contributed by atoms with E-state index in [1.165, 1.54) is 5.06 Å². The van der Waals surface area contributed by atoms with Gasteiger partial charge in [-0.2, -0.15) is 5.06 Å². The molecule has 2 aromatic rings. The number of primary amides is 1. The summed E-state index contributed by atoms with van der Waals surface area (Å²) in [5.74, 6) is -1.69. The summed E-state index contributed by atoms with van der Waals surface area (Å²) in [6, 6.07) is 9.76. The number of imide groups is 1. The topological polar surface area (TPSA) is 102 Å². The van der Waals surface area contributed by atoms with Gasteiger partial charge in [0.25, 0.3) is 5.91 Å². The van der Waals surface area contributed by atoms with Crippen molar-refractivity contribution in [3.05, 3.63) is 58.1 Å². The van der Waals surface area contributed by atoms with Crippen molar-refractivity contribution < 1.29 is 24.0 Å². The van der Waals surface area contributed by atoms with Crippen molar-refractivity contribution in [1.82, 2.24) is 5.06 Å². The number of aryl methyl sites for hydroxylation is 2. The highest BCUT2D eigenvalue weighted by molar-refractivity contribution is 6.32. The van der Waals surface area contributed by atoms with Gasteiger partial charge in [0.05, 0.1) is 24.8 Å². The number of nitrogens with zero attached hydrogens (tertiary/aromatic N) is 2. The van der Waals surface area contributed by atoms with Crippen molar-refractivity contribution in [3.63, 3.8) is 0 Å². The Morgan fingerprint density at radius 2 is 1.87 bits per heavy atom. The number of fused-ring (bicyclic) bond motifs is 1. The molecule has 3 atom stereocenters. The zero-order valence-electron chi connectivity index (χ0n) is 17.3. The van der Waals surface area contributed by atoms with E-state index in [9.17, 15) is 14.4 Å². The maximum Gasteiger partial charge on any atom is 0.265 e. The Kier molecular flexibility index (Phi) is 5.47. The van der Waals surface area contributed by atoms with E-state index < -0.39 is 35.8 Å². The number of anilines is 1. The van der Waals surface area contributed by atoms with E-state index in [4.69, 9.17) is 26.9 Å². The Balaban J connectivity index is 1.75. The Labute approximate surface area is 184 Å². The van der Waals surface area contributed by atoms with Crippen LogP contribution in [0, 0.1) is 19.8 Å². The molecule has 2 aliphatic heterocycles. The zero-order chi connectivity index (χ0) is 22.4. The van der Waals surface area contributed by atoms with Gasteiger partial charge in [-0.3, -0.25) is 19.2 Å². The minimum absolute atomic E-state index is 0.250. The van der Waals surface area contributed by atoms with Crippen LogP contribution in [-0.2, 0) is 19.2 Å². The lowest BCUT2D eigenvalue weighted by Gasteiger charge is -2.26. The van der Waals surface area contributed by atoms with Crippen molar-refractivity contribution in [2.75, 3.05) is 18.6 Å². The molecule has 9 heteroatoms. The summed E-state index contributed by atoms with van der Waals surface area (Å²) in [4.78, 5) is 45.1. The fourth-order valence-corrected chi connectivity index (χ4v) is 4.37. The van der Waals surface area contributed by atoms with Crippen LogP contribution in [0.2, 0.25) is 5.02 Å². The SMILES string of the molecule is COc1ccc(C2C3C(=O)N(c4ccc(C)c(Cl)c4)C(=O)C3ON2CC(N)=O)cc1C. The molecule has 2 fully saturated rings. The lowest BCUT2D eigenvalue weighted by Crippen LogP contribution is -2.40. The monoisotopic (exact) mass is 443 g/mol. The second kappa shape index (κ2) is 7.96. The van der Waals surface area contributed by atoms with Crippen LogP contribution in [0.25, 0.3) is 0 Å². The highest BCUT2D eigenvalue weighted by atomic mass is 35.5. The van der Waals surface area contributed by atoms with Crippen molar-refractivity contribution >= 4 is 35.0 Å². The molecule has 2 saturated heterocycles. The number of ether oxygens (including phenoxy) is 1. The van der Waals surface area contributed by atoms with Crippen LogP contribution in [0.5, 0.6) is 5.75 Å². The number of nitrogens with two attached hydrogens (primary N) is 1. The Morgan fingerprint density at radius 3 is 2.48 bits per heavy atom. The lowest BCUT2D eigenvalue weighted by molar-refractivity contribution is -0.175. The molecule has 3 amide bonds. The summed E-state index contributed by atoms with van der Waals surface area (Å²) in [5.41, 5.74) is 8.17. The average molecular weight is 444 g/mol. The number of amides is 3. The Morgan fingerprint density at radius 1 is 1.13 bits per heavy atom.